The highest BCUT2D eigenvalue weighted by atomic mass is 32.2. The number of nitrogens with one attached hydrogen (secondary N) is 2. The Hall–Kier alpha value is -2.71. The topological polar surface area (TPSA) is 95.6 Å². The molecule has 1 aliphatic rings. The van der Waals surface area contributed by atoms with Gasteiger partial charge in [0.25, 0.3) is 0 Å². The lowest BCUT2D eigenvalue weighted by molar-refractivity contribution is -0.117. The average Bonchev–Trinajstić information content (AvgIpc) is 3.06. The molecule has 142 valence electrons. The predicted octanol–water partition coefficient (Wildman–Crippen LogP) is 2.04. The average molecular weight is 387 g/mol. The molecule has 1 aliphatic heterocycles. The summed E-state index contributed by atoms with van der Waals surface area (Å²) in [5.41, 5.74) is 2.28. The molecule has 0 spiro atoms. The number of aryl methyl sites for hydroxylation is 1. The molecular formula is C19H21N3O4S. The van der Waals surface area contributed by atoms with Crippen LogP contribution in [0.3, 0.4) is 0 Å². The Morgan fingerprint density at radius 3 is 2.52 bits per heavy atom. The van der Waals surface area contributed by atoms with Gasteiger partial charge in [0.05, 0.1) is 11.4 Å². The van der Waals surface area contributed by atoms with E-state index >= 15 is 0 Å². The molecule has 7 nitrogen and oxygen atoms in total. The molecule has 0 unspecified atom stereocenters. The van der Waals surface area contributed by atoms with Gasteiger partial charge in [-0.2, -0.15) is 0 Å². The van der Waals surface area contributed by atoms with E-state index in [2.05, 4.69) is 10.0 Å². The lowest BCUT2D eigenvalue weighted by Crippen LogP contribution is -2.33. The van der Waals surface area contributed by atoms with Crippen LogP contribution in [0.15, 0.2) is 53.4 Å². The summed E-state index contributed by atoms with van der Waals surface area (Å²) >= 11 is 0. The number of nitrogens with zero attached hydrogens (tertiary/aromatic N) is 1. The fourth-order valence-corrected chi connectivity index (χ4v) is 3.88. The number of benzene rings is 2. The van der Waals surface area contributed by atoms with E-state index in [0.29, 0.717) is 24.3 Å². The minimum atomic E-state index is -3.82. The number of rotatable bonds is 6. The van der Waals surface area contributed by atoms with Crippen molar-refractivity contribution in [2.45, 2.75) is 24.7 Å². The summed E-state index contributed by atoms with van der Waals surface area (Å²) in [7, 11) is -3.82. The van der Waals surface area contributed by atoms with Crippen molar-refractivity contribution in [3.05, 3.63) is 54.1 Å². The van der Waals surface area contributed by atoms with Crippen LogP contribution in [-0.4, -0.2) is 33.3 Å². The first-order valence-electron chi connectivity index (χ1n) is 8.62. The van der Waals surface area contributed by atoms with Gasteiger partial charge in [-0.3, -0.25) is 9.59 Å². The van der Waals surface area contributed by atoms with Gasteiger partial charge in [0.1, 0.15) is 0 Å². The third-order valence-electron chi connectivity index (χ3n) is 4.26. The number of carbonyl (C=O) groups is 2. The summed E-state index contributed by atoms with van der Waals surface area (Å²) in [5.74, 6) is -0.417. The molecule has 2 N–H and O–H groups in total. The van der Waals surface area contributed by atoms with E-state index in [9.17, 15) is 18.0 Å². The summed E-state index contributed by atoms with van der Waals surface area (Å²) in [6.45, 7) is 2.17. The molecule has 2 amide bonds. The van der Waals surface area contributed by atoms with Crippen LogP contribution in [0.25, 0.3) is 0 Å². The Kier molecular flexibility index (Phi) is 5.57. The summed E-state index contributed by atoms with van der Waals surface area (Å²) in [6.07, 6.45) is 1.31. The van der Waals surface area contributed by atoms with Gasteiger partial charge in [0.2, 0.25) is 21.8 Å². The van der Waals surface area contributed by atoms with Crippen LogP contribution in [0.2, 0.25) is 0 Å². The molecule has 1 heterocycles. The van der Waals surface area contributed by atoms with Gasteiger partial charge in [-0.05, 0) is 55.3 Å². The maximum Gasteiger partial charge on any atom is 0.241 e. The molecule has 2 aromatic carbocycles. The molecule has 0 aromatic heterocycles. The van der Waals surface area contributed by atoms with E-state index < -0.39 is 15.9 Å². The van der Waals surface area contributed by atoms with Crippen molar-refractivity contribution in [3.8, 4) is 0 Å². The SMILES string of the molecule is Cc1cccc(NC(=O)CNS(=O)(=O)c2ccc(N3CCCC3=O)cc2)c1. The van der Waals surface area contributed by atoms with Crippen LogP contribution in [0.5, 0.6) is 0 Å². The van der Waals surface area contributed by atoms with E-state index in [1.807, 2.05) is 19.1 Å². The third-order valence-corrected chi connectivity index (χ3v) is 5.67. The van der Waals surface area contributed by atoms with Crippen molar-refractivity contribution in [1.29, 1.82) is 0 Å². The molecule has 8 heteroatoms. The number of hydrogen-bond acceptors (Lipinski definition) is 4. The van der Waals surface area contributed by atoms with Crippen LogP contribution in [-0.2, 0) is 19.6 Å². The van der Waals surface area contributed by atoms with Crippen LogP contribution >= 0.6 is 0 Å². The Bertz CT molecular complexity index is 955. The zero-order valence-electron chi connectivity index (χ0n) is 14.9. The maximum atomic E-state index is 12.4. The number of amides is 2. The van der Waals surface area contributed by atoms with Crippen molar-refractivity contribution in [1.82, 2.24) is 4.72 Å². The maximum absolute atomic E-state index is 12.4. The quantitative estimate of drug-likeness (QED) is 0.793. The second-order valence-electron chi connectivity index (χ2n) is 6.39. The van der Waals surface area contributed by atoms with Crippen molar-refractivity contribution in [3.63, 3.8) is 0 Å². The summed E-state index contributed by atoms with van der Waals surface area (Å²) in [5, 5.41) is 2.65. The Balaban J connectivity index is 1.60. The minimum Gasteiger partial charge on any atom is -0.325 e. The molecule has 0 aliphatic carbocycles. The summed E-state index contributed by atoms with van der Waals surface area (Å²) in [6, 6.07) is 13.3. The Labute approximate surface area is 158 Å². The molecule has 0 atom stereocenters. The van der Waals surface area contributed by atoms with Crippen molar-refractivity contribution in [2.75, 3.05) is 23.3 Å². The first kappa shape index (κ1) is 19.1. The van der Waals surface area contributed by atoms with Gasteiger partial charge < -0.3 is 10.2 Å². The molecule has 0 bridgehead atoms. The highest BCUT2D eigenvalue weighted by Gasteiger charge is 2.22. The Morgan fingerprint density at radius 2 is 1.89 bits per heavy atom. The van der Waals surface area contributed by atoms with Gasteiger partial charge in [-0.25, -0.2) is 13.1 Å². The lowest BCUT2D eigenvalue weighted by atomic mass is 10.2. The largest absolute Gasteiger partial charge is 0.325 e. The van der Waals surface area contributed by atoms with Crippen LogP contribution in [0.1, 0.15) is 18.4 Å². The van der Waals surface area contributed by atoms with Crippen molar-refractivity contribution in [2.24, 2.45) is 0 Å². The lowest BCUT2D eigenvalue weighted by Gasteiger charge is -2.16. The standard InChI is InChI=1S/C19H21N3O4S/c1-14-4-2-5-15(12-14)21-18(23)13-20-27(25,26)17-9-7-16(8-10-17)22-11-3-6-19(22)24/h2,4-5,7-10,12,20H,3,6,11,13H2,1H3,(H,21,23). The van der Waals surface area contributed by atoms with Crippen LogP contribution < -0.4 is 14.9 Å². The first-order valence-corrected chi connectivity index (χ1v) is 10.1. The molecular weight excluding hydrogens is 366 g/mol. The van der Waals surface area contributed by atoms with Gasteiger partial charge >= 0.3 is 0 Å². The Morgan fingerprint density at radius 1 is 1.15 bits per heavy atom. The number of anilines is 2. The van der Waals surface area contributed by atoms with Crippen LogP contribution in [0, 0.1) is 6.92 Å². The van der Waals surface area contributed by atoms with Crippen molar-refractivity contribution >= 4 is 33.2 Å². The number of carbonyl (C=O) groups excluding carboxylic acids is 2. The molecule has 2 aromatic rings. The zero-order valence-corrected chi connectivity index (χ0v) is 15.8. The fourth-order valence-electron chi connectivity index (χ4n) is 2.90. The van der Waals surface area contributed by atoms with E-state index in [4.69, 9.17) is 0 Å². The fraction of sp³-hybridized carbons (Fsp3) is 0.263. The molecule has 0 radical (unpaired) electrons. The third kappa shape index (κ3) is 4.72. The minimum absolute atomic E-state index is 0.0385. The smallest absolute Gasteiger partial charge is 0.241 e. The first-order chi connectivity index (χ1) is 12.8. The normalized spacial score (nSPS) is 14.4. The van der Waals surface area contributed by atoms with E-state index in [0.717, 1.165) is 12.0 Å². The zero-order chi connectivity index (χ0) is 19.4. The highest BCUT2D eigenvalue weighted by Crippen LogP contribution is 2.22. The van der Waals surface area contributed by atoms with Gasteiger partial charge in [0.15, 0.2) is 0 Å². The van der Waals surface area contributed by atoms with E-state index in [1.165, 1.54) is 12.1 Å². The van der Waals surface area contributed by atoms with Crippen molar-refractivity contribution < 1.29 is 18.0 Å². The summed E-state index contributed by atoms with van der Waals surface area (Å²) < 4.78 is 27.0. The predicted molar refractivity (Wildman–Crippen MR) is 103 cm³/mol. The molecule has 0 saturated carbocycles. The number of sulfonamides is 1. The van der Waals surface area contributed by atoms with Gasteiger partial charge in [0, 0.05) is 24.3 Å². The molecule has 1 fully saturated rings. The van der Waals surface area contributed by atoms with E-state index in [1.54, 1.807) is 29.2 Å². The van der Waals surface area contributed by atoms with Crippen LogP contribution in [0.4, 0.5) is 11.4 Å². The molecule has 3 rings (SSSR count). The second kappa shape index (κ2) is 7.89. The van der Waals surface area contributed by atoms with E-state index in [-0.39, 0.29) is 17.3 Å². The van der Waals surface area contributed by atoms with Gasteiger partial charge in [-0.15, -0.1) is 0 Å². The monoisotopic (exact) mass is 387 g/mol. The second-order valence-corrected chi connectivity index (χ2v) is 8.15. The molecule has 27 heavy (non-hydrogen) atoms. The highest BCUT2D eigenvalue weighted by molar-refractivity contribution is 7.89. The molecule has 1 saturated heterocycles. The summed E-state index contributed by atoms with van der Waals surface area (Å²) in [4.78, 5) is 25.4. The van der Waals surface area contributed by atoms with Gasteiger partial charge in [-0.1, -0.05) is 12.1 Å². The number of hydrogen-bond donors (Lipinski definition) is 2.